The minimum absolute atomic E-state index is 0.112. The summed E-state index contributed by atoms with van der Waals surface area (Å²) >= 11 is 1.77. The number of benzene rings is 1. The molecule has 1 N–H and O–H groups in total. The Bertz CT molecular complexity index is 1350. The Morgan fingerprint density at radius 2 is 1.91 bits per heavy atom. The van der Waals surface area contributed by atoms with Crippen molar-refractivity contribution in [3.63, 3.8) is 0 Å². The molecule has 0 spiro atoms. The molecule has 3 heterocycles. The predicted octanol–water partition coefficient (Wildman–Crippen LogP) is 5.28. The van der Waals surface area contributed by atoms with Gasteiger partial charge in [0.15, 0.2) is 5.52 Å². The van der Waals surface area contributed by atoms with Crippen LogP contribution in [0.1, 0.15) is 55.3 Å². The summed E-state index contributed by atoms with van der Waals surface area (Å²) in [6.07, 6.45) is 7.73. The molecule has 8 heteroatoms. The monoisotopic (exact) mass is 490 g/mol. The highest BCUT2D eigenvalue weighted by molar-refractivity contribution is 7.15. The van der Waals surface area contributed by atoms with E-state index in [2.05, 4.69) is 53.1 Å². The van der Waals surface area contributed by atoms with Gasteiger partial charge in [0.05, 0.1) is 11.4 Å². The van der Waals surface area contributed by atoms with Crippen molar-refractivity contribution in [2.75, 3.05) is 18.0 Å². The molecule has 3 aromatic heterocycles. The minimum Gasteiger partial charge on any atom is -0.342 e. The van der Waals surface area contributed by atoms with E-state index >= 15 is 0 Å². The highest BCUT2D eigenvalue weighted by atomic mass is 32.1. The summed E-state index contributed by atoms with van der Waals surface area (Å²) in [6.45, 7) is 5.94. The lowest BCUT2D eigenvalue weighted by Gasteiger charge is -2.26. The average molecular weight is 491 g/mol. The second kappa shape index (κ2) is 10.3. The first-order valence-electron chi connectivity index (χ1n) is 12.8. The Labute approximate surface area is 210 Å². The first kappa shape index (κ1) is 23.7. The predicted molar refractivity (Wildman–Crippen MR) is 143 cm³/mol. The zero-order valence-corrected chi connectivity index (χ0v) is 21.7. The molecule has 1 fully saturated rings. The van der Waals surface area contributed by atoms with E-state index in [9.17, 15) is 4.79 Å². The molecule has 0 aliphatic heterocycles. The fraction of sp³-hybridized carbons (Fsp3) is 0.481. The molecule has 0 unspecified atom stereocenters. The van der Waals surface area contributed by atoms with Gasteiger partial charge in [0.1, 0.15) is 10.5 Å². The van der Waals surface area contributed by atoms with Crippen LogP contribution in [0.4, 0.5) is 5.95 Å². The number of fused-ring (bicyclic) bond motifs is 1. The molecular formula is C27H34N6OS. The van der Waals surface area contributed by atoms with Gasteiger partial charge in [-0.15, -0.1) is 11.3 Å². The smallest absolute Gasteiger partial charge is 0.278 e. The number of hydrogen-bond donors (Lipinski definition) is 1. The number of rotatable bonds is 9. The number of aromatic amines is 1. The standard InChI is InChI=1S/C27H34N6OS/c1-4-10-21-23-24(32(3)31-21)25(34)30-27(29-23)33(17-19-11-8-9-12-19)16-15-22-18(2)28-26(35-22)20-13-6-5-7-14-20/h5-7,13-14,19H,4,8-12,15-17H2,1-3H3,(H,29,30,34). The van der Waals surface area contributed by atoms with Crippen LogP contribution < -0.4 is 10.5 Å². The molecule has 1 saturated carbocycles. The van der Waals surface area contributed by atoms with Gasteiger partial charge in [-0.2, -0.15) is 5.10 Å². The summed E-state index contributed by atoms with van der Waals surface area (Å²) in [5.41, 5.74) is 4.34. The second-order valence-corrected chi connectivity index (χ2v) is 10.7. The van der Waals surface area contributed by atoms with Crippen LogP contribution in [0.5, 0.6) is 0 Å². The zero-order valence-electron chi connectivity index (χ0n) is 20.9. The van der Waals surface area contributed by atoms with Crippen molar-refractivity contribution in [3.05, 3.63) is 57.0 Å². The van der Waals surface area contributed by atoms with Crippen molar-refractivity contribution in [1.29, 1.82) is 0 Å². The van der Waals surface area contributed by atoms with Crippen molar-refractivity contribution < 1.29 is 0 Å². The molecule has 7 nitrogen and oxygen atoms in total. The number of anilines is 1. The minimum atomic E-state index is -0.112. The normalized spacial score (nSPS) is 14.3. The SMILES string of the molecule is CCCc1nn(C)c2c(=O)[nH]c(N(CCc3sc(-c4ccccc4)nc3C)CC3CCCC3)nc12. The Balaban J connectivity index is 1.45. The van der Waals surface area contributed by atoms with E-state index in [0.717, 1.165) is 59.8 Å². The van der Waals surface area contributed by atoms with Crippen LogP contribution in [0.3, 0.4) is 0 Å². The molecule has 1 aromatic carbocycles. The largest absolute Gasteiger partial charge is 0.342 e. The summed E-state index contributed by atoms with van der Waals surface area (Å²) in [5.74, 6) is 1.31. The summed E-state index contributed by atoms with van der Waals surface area (Å²) in [5, 5.41) is 5.65. The van der Waals surface area contributed by atoms with E-state index in [-0.39, 0.29) is 5.56 Å². The molecule has 35 heavy (non-hydrogen) atoms. The van der Waals surface area contributed by atoms with E-state index < -0.39 is 0 Å². The van der Waals surface area contributed by atoms with E-state index in [4.69, 9.17) is 9.97 Å². The van der Waals surface area contributed by atoms with Gasteiger partial charge in [-0.1, -0.05) is 56.5 Å². The fourth-order valence-corrected chi connectivity index (χ4v) is 6.24. The van der Waals surface area contributed by atoms with Gasteiger partial charge in [-0.05, 0) is 32.1 Å². The van der Waals surface area contributed by atoms with Crippen LogP contribution in [0, 0.1) is 12.8 Å². The lowest BCUT2D eigenvalue weighted by molar-refractivity contribution is 0.526. The second-order valence-electron chi connectivity index (χ2n) is 9.65. The van der Waals surface area contributed by atoms with Gasteiger partial charge in [-0.3, -0.25) is 14.5 Å². The number of aromatic nitrogens is 5. The molecule has 0 amide bonds. The highest BCUT2D eigenvalue weighted by Crippen LogP contribution is 2.30. The van der Waals surface area contributed by atoms with Crippen LogP contribution in [-0.4, -0.2) is 37.8 Å². The number of aryl methyl sites for hydroxylation is 3. The number of thiazole rings is 1. The Hall–Kier alpha value is -3.00. The van der Waals surface area contributed by atoms with Crippen LogP contribution in [-0.2, 0) is 19.9 Å². The molecule has 0 atom stereocenters. The summed E-state index contributed by atoms with van der Waals surface area (Å²) in [6, 6.07) is 10.4. The molecule has 0 radical (unpaired) electrons. The molecule has 5 rings (SSSR count). The van der Waals surface area contributed by atoms with Crippen molar-refractivity contribution in [1.82, 2.24) is 24.7 Å². The third-order valence-corrected chi connectivity index (χ3v) is 8.28. The maximum atomic E-state index is 13.1. The van der Waals surface area contributed by atoms with Crippen LogP contribution in [0.15, 0.2) is 35.1 Å². The fourth-order valence-electron chi connectivity index (χ4n) is 5.18. The zero-order chi connectivity index (χ0) is 24.4. The average Bonchev–Trinajstić information content (AvgIpc) is 3.57. The number of hydrogen-bond acceptors (Lipinski definition) is 6. The van der Waals surface area contributed by atoms with E-state index in [1.165, 1.54) is 30.6 Å². The Kier molecular flexibility index (Phi) is 7.00. The first-order valence-corrected chi connectivity index (χ1v) is 13.6. The lowest BCUT2D eigenvalue weighted by atomic mass is 10.1. The van der Waals surface area contributed by atoms with Gasteiger partial charge in [-0.25, -0.2) is 9.97 Å². The van der Waals surface area contributed by atoms with E-state index in [1.807, 2.05) is 13.1 Å². The third-order valence-electron chi connectivity index (χ3n) is 7.01. The van der Waals surface area contributed by atoms with Crippen LogP contribution in [0.25, 0.3) is 21.6 Å². The molecule has 1 aliphatic rings. The topological polar surface area (TPSA) is 79.7 Å². The molecule has 184 valence electrons. The third kappa shape index (κ3) is 5.03. The quantitative estimate of drug-likeness (QED) is 0.345. The van der Waals surface area contributed by atoms with Crippen molar-refractivity contribution in [2.45, 2.75) is 58.8 Å². The lowest BCUT2D eigenvalue weighted by Crippen LogP contribution is -2.33. The van der Waals surface area contributed by atoms with Crippen LogP contribution >= 0.6 is 11.3 Å². The van der Waals surface area contributed by atoms with Gasteiger partial charge in [0.25, 0.3) is 5.56 Å². The molecule has 0 saturated heterocycles. The van der Waals surface area contributed by atoms with E-state index in [1.54, 1.807) is 16.0 Å². The highest BCUT2D eigenvalue weighted by Gasteiger charge is 2.23. The van der Waals surface area contributed by atoms with Gasteiger partial charge < -0.3 is 4.90 Å². The maximum Gasteiger partial charge on any atom is 0.278 e. The van der Waals surface area contributed by atoms with Crippen molar-refractivity contribution >= 4 is 28.3 Å². The molecular weight excluding hydrogens is 456 g/mol. The van der Waals surface area contributed by atoms with E-state index in [0.29, 0.717) is 17.4 Å². The number of H-pyrrole nitrogens is 1. The molecule has 1 aliphatic carbocycles. The Morgan fingerprint density at radius 1 is 1.14 bits per heavy atom. The summed E-state index contributed by atoms with van der Waals surface area (Å²) in [7, 11) is 1.82. The van der Waals surface area contributed by atoms with Crippen molar-refractivity contribution in [3.8, 4) is 10.6 Å². The molecule has 0 bridgehead atoms. The van der Waals surface area contributed by atoms with Gasteiger partial charge in [0, 0.05) is 37.0 Å². The number of nitrogens with one attached hydrogen (secondary N) is 1. The van der Waals surface area contributed by atoms with Crippen LogP contribution in [0.2, 0.25) is 0 Å². The van der Waals surface area contributed by atoms with Gasteiger partial charge >= 0.3 is 0 Å². The van der Waals surface area contributed by atoms with Gasteiger partial charge in [0.2, 0.25) is 5.95 Å². The first-order chi connectivity index (χ1) is 17.0. The molecule has 4 aromatic rings. The summed E-state index contributed by atoms with van der Waals surface area (Å²) in [4.78, 5) is 29.6. The summed E-state index contributed by atoms with van der Waals surface area (Å²) < 4.78 is 1.67. The van der Waals surface area contributed by atoms with Crippen molar-refractivity contribution in [2.24, 2.45) is 13.0 Å². The number of nitrogens with zero attached hydrogens (tertiary/aromatic N) is 5. The Morgan fingerprint density at radius 3 is 2.66 bits per heavy atom. The maximum absolute atomic E-state index is 13.1.